The van der Waals surface area contributed by atoms with Crippen molar-refractivity contribution in [2.24, 2.45) is 18.0 Å². The van der Waals surface area contributed by atoms with E-state index in [1.54, 1.807) is 41.9 Å². The first-order valence-electron chi connectivity index (χ1n) is 9.66. The van der Waals surface area contributed by atoms with Crippen molar-refractivity contribution in [2.45, 2.75) is 24.7 Å². The molecule has 6 nitrogen and oxygen atoms in total. The summed E-state index contributed by atoms with van der Waals surface area (Å²) < 4.78 is 43.0. The van der Waals surface area contributed by atoms with Crippen molar-refractivity contribution in [1.82, 2.24) is 8.87 Å². The number of sulfonamides is 1. The predicted octanol–water partition coefficient (Wildman–Crippen LogP) is 3.22. The highest BCUT2D eigenvalue weighted by Gasteiger charge is 2.32. The molecule has 2 aromatic carbocycles. The van der Waals surface area contributed by atoms with Gasteiger partial charge in [0.25, 0.3) is 5.91 Å². The van der Waals surface area contributed by atoms with Gasteiger partial charge < -0.3 is 4.57 Å². The van der Waals surface area contributed by atoms with E-state index >= 15 is 0 Å². The maximum atomic E-state index is 13.5. The van der Waals surface area contributed by atoms with Gasteiger partial charge in [0.15, 0.2) is 4.80 Å². The molecule has 0 radical (unpaired) electrons. The summed E-state index contributed by atoms with van der Waals surface area (Å²) in [5.41, 5.74) is 1.81. The highest BCUT2D eigenvalue weighted by molar-refractivity contribution is 7.89. The number of carbonyl (C=O) groups excluding carboxylic acids is 1. The van der Waals surface area contributed by atoms with Gasteiger partial charge in [0.2, 0.25) is 10.0 Å². The maximum absolute atomic E-state index is 13.5. The summed E-state index contributed by atoms with van der Waals surface area (Å²) in [6, 6.07) is 11.3. The molecule has 9 heteroatoms. The summed E-state index contributed by atoms with van der Waals surface area (Å²) in [6.07, 6.45) is 0.854. The summed E-state index contributed by atoms with van der Waals surface area (Å²) >= 11 is 1.26. The van der Waals surface area contributed by atoms with E-state index in [2.05, 4.69) is 4.99 Å². The van der Waals surface area contributed by atoms with Crippen molar-refractivity contribution in [3.8, 4) is 0 Å². The molecular weight excluding hydrogens is 425 g/mol. The lowest BCUT2D eigenvalue weighted by Crippen LogP contribution is -2.40. The lowest BCUT2D eigenvalue weighted by atomic mass is 9.98. The third-order valence-corrected chi connectivity index (χ3v) is 8.45. The normalized spacial score (nSPS) is 17.0. The second-order valence-corrected chi connectivity index (χ2v) is 10.4. The van der Waals surface area contributed by atoms with Gasteiger partial charge in [-0.15, -0.1) is 0 Å². The Labute approximate surface area is 178 Å². The van der Waals surface area contributed by atoms with Crippen molar-refractivity contribution < 1.29 is 17.6 Å². The minimum atomic E-state index is -3.56. The number of amides is 1. The van der Waals surface area contributed by atoms with E-state index in [1.807, 2.05) is 6.92 Å². The largest absolute Gasteiger partial charge is 0.319 e. The van der Waals surface area contributed by atoms with Crippen LogP contribution in [0, 0.1) is 18.7 Å². The quantitative estimate of drug-likeness (QED) is 0.619. The molecule has 158 valence electrons. The average molecular weight is 448 g/mol. The number of halogens is 1. The molecule has 30 heavy (non-hydrogen) atoms. The Morgan fingerprint density at radius 1 is 1.13 bits per heavy atom. The molecule has 0 N–H and O–H groups in total. The van der Waals surface area contributed by atoms with Crippen LogP contribution in [0.5, 0.6) is 0 Å². The van der Waals surface area contributed by atoms with Crippen molar-refractivity contribution in [1.29, 1.82) is 0 Å². The van der Waals surface area contributed by atoms with Crippen molar-refractivity contribution >= 4 is 37.5 Å². The second-order valence-electron chi connectivity index (χ2n) is 7.50. The number of hydrogen-bond acceptors (Lipinski definition) is 4. The number of rotatable bonds is 3. The summed E-state index contributed by atoms with van der Waals surface area (Å²) in [4.78, 5) is 17.7. The molecule has 0 unspecified atom stereocenters. The first-order valence-corrected chi connectivity index (χ1v) is 11.9. The minimum absolute atomic E-state index is 0.259. The summed E-state index contributed by atoms with van der Waals surface area (Å²) in [5, 5.41) is 0. The van der Waals surface area contributed by atoms with E-state index in [0.29, 0.717) is 17.6 Å². The zero-order valence-electron chi connectivity index (χ0n) is 16.7. The van der Waals surface area contributed by atoms with Crippen LogP contribution in [0.25, 0.3) is 10.2 Å². The van der Waals surface area contributed by atoms with Gasteiger partial charge in [-0.2, -0.15) is 9.30 Å². The number of aryl methyl sites for hydroxylation is 2. The molecule has 1 saturated heterocycles. The molecule has 1 fully saturated rings. The average Bonchev–Trinajstić information content (AvgIpc) is 3.03. The molecule has 0 aliphatic carbocycles. The fourth-order valence-electron chi connectivity index (χ4n) is 3.60. The zero-order chi connectivity index (χ0) is 21.5. The Balaban J connectivity index is 1.49. The highest BCUT2D eigenvalue weighted by atomic mass is 32.2. The Hall–Kier alpha value is -2.36. The minimum Gasteiger partial charge on any atom is -0.319 e. The van der Waals surface area contributed by atoms with Gasteiger partial charge in [-0.1, -0.05) is 29.0 Å². The van der Waals surface area contributed by atoms with Crippen LogP contribution < -0.4 is 4.80 Å². The van der Waals surface area contributed by atoms with Crippen LogP contribution in [0.2, 0.25) is 0 Å². The SMILES string of the molecule is Cc1ccc(S(=O)(=O)N2CCC(C(=O)N=c3sc4cc(F)ccc4n3C)CC2)cc1. The number of aromatic nitrogens is 1. The predicted molar refractivity (Wildman–Crippen MR) is 114 cm³/mol. The van der Waals surface area contributed by atoms with Gasteiger partial charge in [-0.3, -0.25) is 4.79 Å². The Morgan fingerprint density at radius 2 is 1.80 bits per heavy atom. The van der Waals surface area contributed by atoms with Gasteiger partial charge in [0.05, 0.1) is 15.1 Å². The molecule has 1 aliphatic rings. The highest BCUT2D eigenvalue weighted by Crippen LogP contribution is 2.25. The Morgan fingerprint density at radius 3 is 2.47 bits per heavy atom. The van der Waals surface area contributed by atoms with Gasteiger partial charge in [-0.05, 0) is 50.1 Å². The second kappa shape index (κ2) is 8.05. The summed E-state index contributed by atoms with van der Waals surface area (Å²) in [7, 11) is -1.77. The first kappa shape index (κ1) is 20.9. The standard InChI is InChI=1S/C21H22FN3O3S2/c1-14-3-6-17(7-4-14)30(27,28)25-11-9-15(10-12-25)20(26)23-21-24(2)18-8-5-16(22)13-19(18)29-21/h3-8,13,15H,9-12H2,1-2H3. The van der Waals surface area contributed by atoms with Crippen LogP contribution in [0.3, 0.4) is 0 Å². The van der Waals surface area contributed by atoms with Gasteiger partial charge in [-0.25, -0.2) is 12.8 Å². The van der Waals surface area contributed by atoms with Gasteiger partial charge in [0, 0.05) is 26.1 Å². The third kappa shape index (κ3) is 3.97. The third-order valence-electron chi connectivity index (χ3n) is 5.44. The van der Waals surface area contributed by atoms with E-state index in [9.17, 15) is 17.6 Å². The molecular formula is C21H22FN3O3S2. The number of carbonyl (C=O) groups is 1. The fourth-order valence-corrected chi connectivity index (χ4v) is 6.12. The topological polar surface area (TPSA) is 71.7 Å². The lowest BCUT2D eigenvalue weighted by Gasteiger charge is -2.29. The molecule has 0 bridgehead atoms. The first-order chi connectivity index (χ1) is 14.3. The van der Waals surface area contributed by atoms with E-state index in [1.165, 1.54) is 27.8 Å². The van der Waals surface area contributed by atoms with E-state index in [4.69, 9.17) is 0 Å². The van der Waals surface area contributed by atoms with E-state index < -0.39 is 10.0 Å². The van der Waals surface area contributed by atoms with Crippen LogP contribution in [0.4, 0.5) is 4.39 Å². The van der Waals surface area contributed by atoms with Crippen LogP contribution in [0.1, 0.15) is 18.4 Å². The van der Waals surface area contributed by atoms with Crippen molar-refractivity contribution in [3.05, 3.63) is 58.6 Å². The van der Waals surface area contributed by atoms with Crippen LogP contribution in [-0.2, 0) is 21.9 Å². The molecule has 1 aromatic heterocycles. The van der Waals surface area contributed by atoms with E-state index in [0.717, 1.165) is 15.8 Å². The maximum Gasteiger partial charge on any atom is 0.251 e. The molecule has 3 aromatic rings. The fraction of sp³-hybridized carbons (Fsp3) is 0.333. The van der Waals surface area contributed by atoms with Crippen molar-refractivity contribution in [2.75, 3.05) is 13.1 Å². The number of thiazole rings is 1. The Kier molecular flexibility index (Phi) is 5.61. The number of nitrogens with zero attached hydrogens (tertiary/aromatic N) is 3. The number of benzene rings is 2. The van der Waals surface area contributed by atoms with E-state index in [-0.39, 0.29) is 35.6 Å². The van der Waals surface area contributed by atoms with Crippen LogP contribution in [-0.4, -0.2) is 36.3 Å². The van der Waals surface area contributed by atoms with Gasteiger partial charge >= 0.3 is 0 Å². The van der Waals surface area contributed by atoms with Crippen LogP contribution >= 0.6 is 11.3 Å². The molecule has 0 saturated carbocycles. The van der Waals surface area contributed by atoms with Gasteiger partial charge in [0.1, 0.15) is 5.82 Å². The lowest BCUT2D eigenvalue weighted by molar-refractivity contribution is -0.122. The van der Waals surface area contributed by atoms with Crippen LogP contribution in [0.15, 0.2) is 52.4 Å². The summed E-state index contributed by atoms with van der Waals surface area (Å²) in [6.45, 7) is 2.47. The van der Waals surface area contributed by atoms with Crippen molar-refractivity contribution in [3.63, 3.8) is 0 Å². The Bertz CT molecular complexity index is 1270. The molecule has 1 amide bonds. The zero-order valence-corrected chi connectivity index (χ0v) is 18.3. The monoisotopic (exact) mass is 447 g/mol. The number of piperidine rings is 1. The summed E-state index contributed by atoms with van der Waals surface area (Å²) in [5.74, 6) is -0.911. The molecule has 0 atom stereocenters. The molecule has 0 spiro atoms. The number of hydrogen-bond donors (Lipinski definition) is 0. The molecule has 1 aliphatic heterocycles. The molecule has 4 rings (SSSR count). The number of fused-ring (bicyclic) bond motifs is 1. The smallest absolute Gasteiger partial charge is 0.251 e. The molecule has 2 heterocycles.